The highest BCUT2D eigenvalue weighted by Crippen LogP contribution is 2.25. The van der Waals surface area contributed by atoms with Crippen molar-refractivity contribution < 1.29 is 14.3 Å². The maximum atomic E-state index is 10.7. The summed E-state index contributed by atoms with van der Waals surface area (Å²) in [5, 5.41) is 0.411. The van der Waals surface area contributed by atoms with Gasteiger partial charge in [0.2, 0.25) is 0 Å². The fourth-order valence-corrected chi connectivity index (χ4v) is 1.31. The highest BCUT2D eigenvalue weighted by molar-refractivity contribution is 6.33. The number of carbonyl (C=O) groups excluding carboxylic acids is 1. The van der Waals surface area contributed by atoms with Crippen molar-refractivity contribution >= 4 is 17.9 Å². The molecule has 0 radical (unpaired) electrons. The lowest BCUT2D eigenvalue weighted by molar-refractivity contribution is 0.111. The van der Waals surface area contributed by atoms with Crippen molar-refractivity contribution in [3.05, 3.63) is 28.8 Å². The average Bonchev–Trinajstić information content (AvgIpc) is 2.98. The molecule has 2 rings (SSSR count). The maximum Gasteiger partial charge on any atom is 0.155 e. The minimum atomic E-state index is 0.175. The Labute approximate surface area is 86.6 Å². The second-order valence-electron chi connectivity index (χ2n) is 3.04. The van der Waals surface area contributed by atoms with Crippen LogP contribution in [0.2, 0.25) is 5.02 Å². The van der Waals surface area contributed by atoms with Crippen LogP contribution >= 0.6 is 11.6 Å². The zero-order chi connectivity index (χ0) is 9.97. The zero-order valence-electron chi connectivity index (χ0n) is 7.40. The van der Waals surface area contributed by atoms with Crippen LogP contribution in [-0.2, 0) is 4.74 Å². The molecule has 1 atom stereocenters. The Morgan fingerprint density at radius 3 is 3.07 bits per heavy atom. The summed E-state index contributed by atoms with van der Waals surface area (Å²) in [7, 11) is 0. The molecule has 0 aliphatic carbocycles. The minimum absolute atomic E-state index is 0.175. The lowest BCUT2D eigenvalue weighted by atomic mass is 10.2. The number of ether oxygens (including phenoxy) is 2. The fraction of sp³-hybridized carbons (Fsp3) is 0.300. The number of rotatable bonds is 4. The molecular formula is C10H9ClO3. The van der Waals surface area contributed by atoms with Crippen molar-refractivity contribution in [3.63, 3.8) is 0 Å². The predicted octanol–water partition coefficient (Wildman–Crippen LogP) is 1.93. The SMILES string of the molecule is O=Cc1c(Cl)cccc1OC[C@H]1CO1. The van der Waals surface area contributed by atoms with E-state index >= 15 is 0 Å². The molecule has 1 fully saturated rings. The number of benzene rings is 1. The first-order valence-corrected chi connectivity index (χ1v) is 4.67. The van der Waals surface area contributed by atoms with Gasteiger partial charge in [-0.25, -0.2) is 0 Å². The summed E-state index contributed by atoms with van der Waals surface area (Å²) in [5.74, 6) is 0.517. The third-order valence-corrected chi connectivity index (χ3v) is 2.29. The van der Waals surface area contributed by atoms with Crippen LogP contribution in [0.5, 0.6) is 5.75 Å². The van der Waals surface area contributed by atoms with Crippen molar-refractivity contribution in [1.29, 1.82) is 0 Å². The molecule has 1 aromatic carbocycles. The van der Waals surface area contributed by atoms with Gasteiger partial charge in [-0.05, 0) is 12.1 Å². The molecule has 4 heteroatoms. The Bertz CT molecular complexity index is 347. The Kier molecular flexibility index (Phi) is 2.70. The van der Waals surface area contributed by atoms with Gasteiger partial charge in [-0.3, -0.25) is 4.79 Å². The molecule has 0 N–H and O–H groups in total. The van der Waals surface area contributed by atoms with Crippen molar-refractivity contribution in [2.45, 2.75) is 6.10 Å². The Morgan fingerprint density at radius 2 is 2.43 bits per heavy atom. The third kappa shape index (κ3) is 2.05. The molecule has 14 heavy (non-hydrogen) atoms. The van der Waals surface area contributed by atoms with Crippen molar-refractivity contribution in [3.8, 4) is 5.75 Å². The molecule has 1 aliphatic heterocycles. The Balaban J connectivity index is 2.13. The fourth-order valence-electron chi connectivity index (χ4n) is 1.10. The van der Waals surface area contributed by atoms with Crippen LogP contribution in [0, 0.1) is 0 Å². The van der Waals surface area contributed by atoms with Gasteiger partial charge in [0.05, 0.1) is 17.2 Å². The van der Waals surface area contributed by atoms with Gasteiger partial charge in [-0.1, -0.05) is 17.7 Å². The highest BCUT2D eigenvalue weighted by Gasteiger charge is 2.23. The van der Waals surface area contributed by atoms with Crippen LogP contribution in [0.4, 0.5) is 0 Å². The molecule has 1 heterocycles. The van der Waals surface area contributed by atoms with E-state index < -0.39 is 0 Å². The van der Waals surface area contributed by atoms with Crippen LogP contribution in [0.3, 0.4) is 0 Å². The maximum absolute atomic E-state index is 10.7. The number of aldehydes is 1. The van der Waals surface area contributed by atoms with Gasteiger partial charge in [0.1, 0.15) is 18.5 Å². The van der Waals surface area contributed by atoms with E-state index in [-0.39, 0.29) is 6.10 Å². The smallest absolute Gasteiger partial charge is 0.155 e. The molecule has 0 bridgehead atoms. The third-order valence-electron chi connectivity index (χ3n) is 1.96. The molecule has 1 aliphatic rings. The second-order valence-corrected chi connectivity index (χ2v) is 3.44. The highest BCUT2D eigenvalue weighted by atomic mass is 35.5. The van der Waals surface area contributed by atoms with Gasteiger partial charge in [0.15, 0.2) is 6.29 Å². The number of hydrogen-bond donors (Lipinski definition) is 0. The van der Waals surface area contributed by atoms with Crippen LogP contribution in [0.1, 0.15) is 10.4 Å². The minimum Gasteiger partial charge on any atom is -0.490 e. The molecule has 1 saturated heterocycles. The van der Waals surface area contributed by atoms with E-state index in [1.165, 1.54) is 0 Å². The van der Waals surface area contributed by atoms with Crippen LogP contribution in [-0.4, -0.2) is 25.6 Å². The summed E-state index contributed by atoms with van der Waals surface area (Å²) < 4.78 is 10.4. The molecule has 0 amide bonds. The summed E-state index contributed by atoms with van der Waals surface area (Å²) in [6.07, 6.45) is 0.874. The largest absolute Gasteiger partial charge is 0.490 e. The molecular weight excluding hydrogens is 204 g/mol. The number of hydrogen-bond acceptors (Lipinski definition) is 3. The topological polar surface area (TPSA) is 38.8 Å². The molecule has 0 unspecified atom stereocenters. The first kappa shape index (κ1) is 9.49. The molecule has 3 nitrogen and oxygen atoms in total. The average molecular weight is 213 g/mol. The molecule has 74 valence electrons. The summed E-state index contributed by atoms with van der Waals surface area (Å²) in [5.41, 5.74) is 0.398. The molecule has 1 aromatic rings. The summed E-state index contributed by atoms with van der Waals surface area (Å²) in [4.78, 5) is 10.7. The first-order chi connectivity index (χ1) is 6.81. The summed E-state index contributed by atoms with van der Waals surface area (Å²) in [6, 6.07) is 5.13. The van der Waals surface area contributed by atoms with Gasteiger partial charge in [0, 0.05) is 0 Å². The van der Waals surface area contributed by atoms with Gasteiger partial charge in [-0.15, -0.1) is 0 Å². The normalized spacial score (nSPS) is 19.1. The Hall–Kier alpha value is -1.06. The molecule has 0 spiro atoms. The van der Waals surface area contributed by atoms with Crippen molar-refractivity contribution in [2.24, 2.45) is 0 Å². The number of epoxide rings is 1. The monoisotopic (exact) mass is 212 g/mol. The van der Waals surface area contributed by atoms with Gasteiger partial charge >= 0.3 is 0 Å². The van der Waals surface area contributed by atoms with E-state index in [2.05, 4.69) is 0 Å². The quantitative estimate of drug-likeness (QED) is 0.566. The zero-order valence-corrected chi connectivity index (χ0v) is 8.16. The van der Waals surface area contributed by atoms with Crippen molar-refractivity contribution in [2.75, 3.05) is 13.2 Å². The van der Waals surface area contributed by atoms with E-state index in [1.807, 2.05) is 0 Å². The summed E-state index contributed by atoms with van der Waals surface area (Å²) in [6.45, 7) is 1.21. The lowest BCUT2D eigenvalue weighted by Gasteiger charge is -2.07. The van der Waals surface area contributed by atoms with Gasteiger partial charge < -0.3 is 9.47 Å². The van der Waals surface area contributed by atoms with E-state index in [0.717, 1.165) is 6.61 Å². The van der Waals surface area contributed by atoms with Gasteiger partial charge in [0.25, 0.3) is 0 Å². The van der Waals surface area contributed by atoms with E-state index in [1.54, 1.807) is 18.2 Å². The van der Waals surface area contributed by atoms with Crippen LogP contribution in [0.25, 0.3) is 0 Å². The second kappa shape index (κ2) is 3.98. The van der Waals surface area contributed by atoms with Crippen LogP contribution in [0.15, 0.2) is 18.2 Å². The first-order valence-electron chi connectivity index (χ1n) is 4.29. The van der Waals surface area contributed by atoms with Crippen molar-refractivity contribution in [1.82, 2.24) is 0 Å². The summed E-state index contributed by atoms with van der Waals surface area (Å²) >= 11 is 5.82. The molecule has 0 aromatic heterocycles. The number of halogens is 1. The predicted molar refractivity (Wildman–Crippen MR) is 52.1 cm³/mol. The van der Waals surface area contributed by atoms with E-state index in [9.17, 15) is 4.79 Å². The van der Waals surface area contributed by atoms with E-state index in [0.29, 0.717) is 29.2 Å². The standard InChI is InChI=1S/C10H9ClO3/c11-9-2-1-3-10(8(9)4-12)14-6-7-5-13-7/h1-4,7H,5-6H2/t7-/m1/s1. The molecule has 0 saturated carbocycles. The van der Waals surface area contributed by atoms with Crippen LogP contribution < -0.4 is 4.74 Å². The number of carbonyl (C=O) groups is 1. The Morgan fingerprint density at radius 1 is 1.64 bits per heavy atom. The van der Waals surface area contributed by atoms with Gasteiger partial charge in [-0.2, -0.15) is 0 Å². The lowest BCUT2D eigenvalue weighted by Crippen LogP contribution is -2.05. The van der Waals surface area contributed by atoms with E-state index in [4.69, 9.17) is 21.1 Å².